The Labute approximate surface area is 189 Å². The molecule has 0 saturated heterocycles. The van der Waals surface area contributed by atoms with Crippen LogP contribution in [0.4, 0.5) is 5.69 Å². The van der Waals surface area contributed by atoms with Crippen LogP contribution in [0.1, 0.15) is 28.4 Å². The Hall–Kier alpha value is -4.59. The summed E-state index contributed by atoms with van der Waals surface area (Å²) in [5.41, 5.74) is 5.88. The molecule has 0 saturated carbocycles. The van der Waals surface area contributed by atoms with Crippen molar-refractivity contribution < 1.29 is 14.5 Å². The molecule has 0 bridgehead atoms. The lowest BCUT2D eigenvalue weighted by molar-refractivity contribution is -0.384. The van der Waals surface area contributed by atoms with E-state index in [2.05, 4.69) is 15.5 Å². The number of amides is 1. The fraction of sp³-hybridized carbons (Fsp3) is 0.0800. The number of hydrazone groups is 1. The number of benzene rings is 3. The van der Waals surface area contributed by atoms with E-state index >= 15 is 0 Å². The molecule has 4 aromatic rings. The zero-order valence-electron chi connectivity index (χ0n) is 17.8. The average Bonchev–Trinajstić information content (AvgIpc) is 2.86. The Morgan fingerprint density at radius 2 is 1.70 bits per heavy atom. The van der Waals surface area contributed by atoms with Gasteiger partial charge in [-0.05, 0) is 54.4 Å². The Morgan fingerprint density at radius 3 is 2.42 bits per heavy atom. The zero-order chi connectivity index (χ0) is 23.2. The van der Waals surface area contributed by atoms with Crippen LogP contribution < -0.4 is 10.2 Å². The molecule has 8 nitrogen and oxygen atoms in total. The number of carbonyl (C=O) groups excluding carboxylic acids is 1. The van der Waals surface area contributed by atoms with Crippen LogP contribution in [-0.2, 0) is 6.61 Å². The van der Waals surface area contributed by atoms with E-state index in [1.807, 2.05) is 42.5 Å². The zero-order valence-corrected chi connectivity index (χ0v) is 17.8. The minimum Gasteiger partial charge on any atom is -0.487 e. The number of aromatic nitrogens is 1. The number of non-ortho nitro benzene ring substituents is 1. The van der Waals surface area contributed by atoms with E-state index in [1.165, 1.54) is 12.1 Å². The third-order valence-electron chi connectivity index (χ3n) is 5.03. The van der Waals surface area contributed by atoms with E-state index in [0.717, 1.165) is 16.5 Å². The molecule has 0 aliphatic rings. The van der Waals surface area contributed by atoms with Gasteiger partial charge in [-0.1, -0.05) is 30.3 Å². The van der Waals surface area contributed by atoms with Gasteiger partial charge in [-0.3, -0.25) is 19.9 Å². The van der Waals surface area contributed by atoms with Crippen molar-refractivity contribution >= 4 is 28.2 Å². The molecule has 1 N–H and O–H groups in total. The summed E-state index contributed by atoms with van der Waals surface area (Å²) in [7, 11) is 0. The van der Waals surface area contributed by atoms with Crippen LogP contribution in [0.15, 0.2) is 90.2 Å². The van der Waals surface area contributed by atoms with E-state index in [4.69, 9.17) is 4.74 Å². The Morgan fingerprint density at radius 1 is 1.00 bits per heavy atom. The van der Waals surface area contributed by atoms with Gasteiger partial charge < -0.3 is 4.74 Å². The van der Waals surface area contributed by atoms with Gasteiger partial charge in [-0.2, -0.15) is 5.10 Å². The highest BCUT2D eigenvalue weighted by Gasteiger charge is 2.08. The van der Waals surface area contributed by atoms with Gasteiger partial charge in [0.2, 0.25) is 0 Å². The van der Waals surface area contributed by atoms with Crippen LogP contribution in [0.25, 0.3) is 10.9 Å². The SMILES string of the molecule is C/C(=N\NC(=O)c1ccc(COc2cccc3cccnc23)cc1)c1ccc([N+](=O)[O-])cc1. The summed E-state index contributed by atoms with van der Waals surface area (Å²) in [4.78, 5) is 27.1. The van der Waals surface area contributed by atoms with E-state index in [0.29, 0.717) is 29.2 Å². The van der Waals surface area contributed by atoms with Gasteiger partial charge in [-0.15, -0.1) is 0 Å². The van der Waals surface area contributed by atoms with E-state index in [9.17, 15) is 14.9 Å². The van der Waals surface area contributed by atoms with Gasteiger partial charge >= 0.3 is 0 Å². The number of para-hydroxylation sites is 1. The van der Waals surface area contributed by atoms with Gasteiger partial charge in [-0.25, -0.2) is 5.43 Å². The van der Waals surface area contributed by atoms with Crippen LogP contribution >= 0.6 is 0 Å². The second-order valence-corrected chi connectivity index (χ2v) is 7.26. The number of carbonyl (C=O) groups is 1. The number of fused-ring (bicyclic) bond motifs is 1. The number of nitro benzene ring substituents is 1. The first kappa shape index (κ1) is 21.6. The molecule has 8 heteroatoms. The van der Waals surface area contributed by atoms with E-state index in [1.54, 1.807) is 37.4 Å². The largest absolute Gasteiger partial charge is 0.487 e. The quantitative estimate of drug-likeness (QED) is 0.250. The lowest BCUT2D eigenvalue weighted by Crippen LogP contribution is -2.19. The predicted octanol–water partition coefficient (Wildman–Crippen LogP) is 4.88. The molecule has 1 amide bonds. The first-order valence-electron chi connectivity index (χ1n) is 10.2. The highest BCUT2D eigenvalue weighted by molar-refractivity contribution is 6.01. The molecule has 0 unspecified atom stereocenters. The minimum absolute atomic E-state index is 0.00336. The normalized spacial score (nSPS) is 11.2. The van der Waals surface area contributed by atoms with E-state index < -0.39 is 4.92 Å². The van der Waals surface area contributed by atoms with Crippen molar-refractivity contribution in [1.82, 2.24) is 10.4 Å². The molecule has 1 aromatic heterocycles. The van der Waals surface area contributed by atoms with Crippen molar-refractivity contribution in [2.45, 2.75) is 13.5 Å². The molecule has 0 atom stereocenters. The van der Waals surface area contributed by atoms with E-state index in [-0.39, 0.29) is 11.6 Å². The highest BCUT2D eigenvalue weighted by atomic mass is 16.6. The molecule has 164 valence electrons. The summed E-state index contributed by atoms with van der Waals surface area (Å²) in [6.45, 7) is 2.05. The topological polar surface area (TPSA) is 107 Å². The molecular weight excluding hydrogens is 420 g/mol. The molecule has 0 fully saturated rings. The van der Waals surface area contributed by atoms with Crippen molar-refractivity contribution in [3.63, 3.8) is 0 Å². The van der Waals surface area contributed by atoms with Gasteiger partial charge in [0.05, 0.1) is 10.6 Å². The Balaban J connectivity index is 1.36. The smallest absolute Gasteiger partial charge is 0.271 e. The van der Waals surface area contributed by atoms with Crippen LogP contribution in [0.2, 0.25) is 0 Å². The predicted molar refractivity (Wildman–Crippen MR) is 125 cm³/mol. The number of ether oxygens (including phenoxy) is 1. The first-order valence-corrected chi connectivity index (χ1v) is 10.2. The molecule has 4 rings (SSSR count). The van der Waals surface area contributed by atoms with Gasteiger partial charge in [0.1, 0.15) is 17.9 Å². The van der Waals surface area contributed by atoms with Crippen LogP contribution in [0.3, 0.4) is 0 Å². The lowest BCUT2D eigenvalue weighted by atomic mass is 10.1. The van der Waals surface area contributed by atoms with Crippen molar-refractivity contribution in [3.8, 4) is 5.75 Å². The second kappa shape index (κ2) is 9.69. The first-order chi connectivity index (χ1) is 16.0. The summed E-state index contributed by atoms with van der Waals surface area (Å²) >= 11 is 0. The fourth-order valence-corrected chi connectivity index (χ4v) is 3.19. The number of nitrogens with one attached hydrogen (secondary N) is 1. The molecule has 0 aliphatic heterocycles. The van der Waals surface area contributed by atoms with Crippen LogP contribution in [0.5, 0.6) is 5.75 Å². The third kappa shape index (κ3) is 5.19. The van der Waals surface area contributed by atoms with Crippen LogP contribution in [0, 0.1) is 10.1 Å². The molecule has 3 aromatic carbocycles. The summed E-state index contributed by atoms with van der Waals surface area (Å²) in [5.74, 6) is 0.341. The highest BCUT2D eigenvalue weighted by Crippen LogP contribution is 2.24. The average molecular weight is 440 g/mol. The number of nitrogens with zero attached hydrogens (tertiary/aromatic N) is 3. The molecule has 0 spiro atoms. The van der Waals surface area contributed by atoms with Crippen molar-refractivity contribution in [2.24, 2.45) is 5.10 Å². The molecule has 1 heterocycles. The molecule has 33 heavy (non-hydrogen) atoms. The van der Waals surface area contributed by atoms with Crippen molar-refractivity contribution in [2.75, 3.05) is 0 Å². The number of hydrogen-bond acceptors (Lipinski definition) is 6. The molecule has 0 aliphatic carbocycles. The maximum absolute atomic E-state index is 12.4. The summed E-state index contributed by atoms with van der Waals surface area (Å²) in [6, 6.07) is 22.6. The maximum atomic E-state index is 12.4. The monoisotopic (exact) mass is 440 g/mol. The third-order valence-corrected chi connectivity index (χ3v) is 5.03. The fourth-order valence-electron chi connectivity index (χ4n) is 3.19. The Bertz CT molecular complexity index is 1330. The van der Waals surface area contributed by atoms with Crippen molar-refractivity contribution in [3.05, 3.63) is 112 Å². The van der Waals surface area contributed by atoms with Gasteiger partial charge in [0.25, 0.3) is 11.6 Å². The number of nitro groups is 1. The number of rotatable bonds is 7. The standard InChI is InChI=1S/C25H20N4O4/c1-17(19-11-13-22(14-12-19)29(31)32)27-28-25(30)21-9-7-18(8-10-21)16-33-23-6-2-4-20-5-3-15-26-24(20)23/h2-15H,16H2,1H3,(H,28,30)/b27-17+. The summed E-state index contributed by atoms with van der Waals surface area (Å²) in [5, 5.41) is 15.8. The summed E-state index contributed by atoms with van der Waals surface area (Å²) < 4.78 is 5.93. The molecular formula is C25H20N4O4. The Kier molecular flexibility index (Phi) is 6.36. The minimum atomic E-state index is -0.467. The van der Waals surface area contributed by atoms with Crippen molar-refractivity contribution in [1.29, 1.82) is 0 Å². The van der Waals surface area contributed by atoms with Gasteiger partial charge in [0.15, 0.2) is 0 Å². The van der Waals surface area contributed by atoms with Crippen LogP contribution in [-0.4, -0.2) is 21.5 Å². The molecule has 0 radical (unpaired) electrons. The summed E-state index contributed by atoms with van der Waals surface area (Å²) in [6.07, 6.45) is 1.73. The number of pyridine rings is 1. The lowest BCUT2D eigenvalue weighted by Gasteiger charge is -2.09. The van der Waals surface area contributed by atoms with Gasteiger partial charge in [0, 0.05) is 29.3 Å². The number of hydrogen-bond donors (Lipinski definition) is 1. The second-order valence-electron chi connectivity index (χ2n) is 7.26. The maximum Gasteiger partial charge on any atom is 0.271 e.